The second kappa shape index (κ2) is 9.60. The smallest absolute Gasteiger partial charge is 0.343 e. The van der Waals surface area contributed by atoms with E-state index >= 15 is 0 Å². The molecule has 0 spiro atoms. The van der Waals surface area contributed by atoms with Gasteiger partial charge in [0.1, 0.15) is 4.99 Å². The lowest BCUT2D eigenvalue weighted by Crippen LogP contribution is -2.26. The van der Waals surface area contributed by atoms with E-state index in [2.05, 4.69) is 4.90 Å². The van der Waals surface area contributed by atoms with E-state index in [1.807, 2.05) is 19.1 Å². The molecule has 0 N–H and O–H groups in total. The van der Waals surface area contributed by atoms with Crippen molar-refractivity contribution in [2.24, 2.45) is 0 Å². The first kappa shape index (κ1) is 20.9. The topological polar surface area (TPSA) is 57.2 Å². The minimum Gasteiger partial charge on any atom is -0.493 e. The lowest BCUT2D eigenvalue weighted by molar-refractivity contribution is 0.0728. The quantitative estimate of drug-likeness (QED) is 0.383. The first-order valence-corrected chi connectivity index (χ1v) is 9.98. The summed E-state index contributed by atoms with van der Waals surface area (Å²) in [7, 11) is 3.06. The van der Waals surface area contributed by atoms with Gasteiger partial charge in [0.2, 0.25) is 0 Å². The van der Waals surface area contributed by atoms with Crippen molar-refractivity contribution >= 4 is 23.2 Å². The van der Waals surface area contributed by atoms with Crippen molar-refractivity contribution in [3.05, 3.63) is 47.5 Å². The van der Waals surface area contributed by atoms with Gasteiger partial charge in [0.25, 0.3) is 0 Å². The number of hydrogen-bond acceptors (Lipinski definition) is 6. The van der Waals surface area contributed by atoms with Gasteiger partial charge in [-0.05, 0) is 56.2 Å². The van der Waals surface area contributed by atoms with Crippen LogP contribution in [0.3, 0.4) is 0 Å². The van der Waals surface area contributed by atoms with Crippen molar-refractivity contribution in [3.8, 4) is 23.0 Å². The molecule has 1 saturated heterocycles. The molecule has 29 heavy (non-hydrogen) atoms. The SMILES string of the molecule is CCOc1cc(C(=S)N2CCCC2)ccc1OC(=O)c1ccc(OC)c(OC)c1. The van der Waals surface area contributed by atoms with Gasteiger partial charge in [-0.2, -0.15) is 0 Å². The molecule has 2 aromatic carbocycles. The summed E-state index contributed by atoms with van der Waals surface area (Å²) in [6.45, 7) is 4.27. The number of carbonyl (C=O) groups excluding carboxylic acids is 1. The first-order valence-electron chi connectivity index (χ1n) is 9.57. The summed E-state index contributed by atoms with van der Waals surface area (Å²) >= 11 is 5.62. The molecule has 0 saturated carbocycles. The predicted octanol–water partition coefficient (Wildman–Crippen LogP) is 4.09. The third-order valence-corrected chi connectivity index (χ3v) is 5.20. The molecule has 3 rings (SSSR count). The largest absolute Gasteiger partial charge is 0.493 e. The summed E-state index contributed by atoms with van der Waals surface area (Å²) in [4.78, 5) is 15.6. The van der Waals surface area contributed by atoms with Crippen molar-refractivity contribution in [2.75, 3.05) is 33.9 Å². The number of benzene rings is 2. The van der Waals surface area contributed by atoms with Crippen LogP contribution in [-0.4, -0.2) is 49.8 Å². The van der Waals surface area contributed by atoms with Crippen LogP contribution in [0.4, 0.5) is 0 Å². The minimum atomic E-state index is -0.512. The zero-order valence-corrected chi connectivity index (χ0v) is 17.7. The number of methoxy groups -OCH3 is 2. The summed E-state index contributed by atoms with van der Waals surface area (Å²) < 4.78 is 21.8. The van der Waals surface area contributed by atoms with E-state index in [1.165, 1.54) is 7.11 Å². The molecule has 0 atom stereocenters. The average molecular weight is 416 g/mol. The monoisotopic (exact) mass is 415 g/mol. The lowest BCUT2D eigenvalue weighted by Gasteiger charge is -2.20. The van der Waals surface area contributed by atoms with Crippen LogP contribution < -0.4 is 18.9 Å². The van der Waals surface area contributed by atoms with E-state index < -0.39 is 5.97 Å². The minimum absolute atomic E-state index is 0.347. The molecule has 0 radical (unpaired) electrons. The molecule has 0 bridgehead atoms. The van der Waals surface area contributed by atoms with Crippen molar-refractivity contribution in [3.63, 3.8) is 0 Å². The average Bonchev–Trinajstić information content (AvgIpc) is 3.29. The molecule has 0 aromatic heterocycles. The van der Waals surface area contributed by atoms with Crippen LogP contribution >= 0.6 is 12.2 Å². The van der Waals surface area contributed by atoms with Crippen LogP contribution in [0.1, 0.15) is 35.7 Å². The molecule has 6 nitrogen and oxygen atoms in total. The van der Waals surface area contributed by atoms with Crippen molar-refractivity contribution in [2.45, 2.75) is 19.8 Å². The van der Waals surface area contributed by atoms with Crippen LogP contribution in [0, 0.1) is 0 Å². The van der Waals surface area contributed by atoms with Crippen LogP contribution in [-0.2, 0) is 0 Å². The maximum atomic E-state index is 12.7. The maximum Gasteiger partial charge on any atom is 0.343 e. The van der Waals surface area contributed by atoms with Gasteiger partial charge in [0.15, 0.2) is 23.0 Å². The van der Waals surface area contributed by atoms with Gasteiger partial charge in [0.05, 0.1) is 26.4 Å². The van der Waals surface area contributed by atoms with E-state index in [0.29, 0.717) is 35.2 Å². The molecule has 1 fully saturated rings. The van der Waals surface area contributed by atoms with Crippen molar-refractivity contribution in [1.82, 2.24) is 4.90 Å². The predicted molar refractivity (Wildman–Crippen MR) is 115 cm³/mol. The number of rotatable bonds is 7. The Morgan fingerprint density at radius 3 is 2.21 bits per heavy atom. The standard InChI is InChI=1S/C22H25NO5S/c1-4-27-20-13-15(21(29)23-11-5-6-12-23)7-10-18(20)28-22(24)16-8-9-17(25-2)19(14-16)26-3/h7-10,13-14H,4-6,11-12H2,1-3H3. The van der Waals surface area contributed by atoms with Gasteiger partial charge < -0.3 is 23.8 Å². The number of hydrogen-bond donors (Lipinski definition) is 0. The number of likely N-dealkylation sites (tertiary alicyclic amines) is 1. The molecule has 1 aliphatic rings. The van der Waals surface area contributed by atoms with Crippen LogP contribution in [0.5, 0.6) is 23.0 Å². The molecular formula is C22H25NO5S. The normalized spacial score (nSPS) is 13.1. The Morgan fingerprint density at radius 1 is 0.931 bits per heavy atom. The Bertz CT molecular complexity index is 893. The van der Waals surface area contributed by atoms with Gasteiger partial charge in [-0.25, -0.2) is 4.79 Å². The fourth-order valence-electron chi connectivity index (χ4n) is 3.22. The number of esters is 1. The van der Waals surface area contributed by atoms with E-state index in [-0.39, 0.29) is 0 Å². The molecule has 0 aliphatic carbocycles. The van der Waals surface area contributed by atoms with Crippen LogP contribution in [0.15, 0.2) is 36.4 Å². The van der Waals surface area contributed by atoms with Crippen LogP contribution in [0.2, 0.25) is 0 Å². The molecule has 7 heteroatoms. The fraction of sp³-hybridized carbons (Fsp3) is 0.364. The van der Waals surface area contributed by atoms with E-state index in [9.17, 15) is 4.79 Å². The van der Waals surface area contributed by atoms with Gasteiger partial charge in [-0.3, -0.25) is 0 Å². The first-order chi connectivity index (χ1) is 14.1. The van der Waals surface area contributed by atoms with Gasteiger partial charge >= 0.3 is 5.97 Å². The third kappa shape index (κ3) is 4.79. The Balaban J connectivity index is 1.82. The summed E-state index contributed by atoms with van der Waals surface area (Å²) in [6, 6.07) is 10.3. The maximum absolute atomic E-state index is 12.7. The number of nitrogens with zero attached hydrogens (tertiary/aromatic N) is 1. The summed E-state index contributed by atoms with van der Waals surface area (Å²) in [6.07, 6.45) is 2.30. The zero-order chi connectivity index (χ0) is 20.8. The lowest BCUT2D eigenvalue weighted by atomic mass is 10.1. The van der Waals surface area contributed by atoms with Crippen molar-refractivity contribution < 1.29 is 23.7 Å². The number of ether oxygens (including phenoxy) is 4. The molecule has 0 unspecified atom stereocenters. The zero-order valence-electron chi connectivity index (χ0n) is 16.9. The summed E-state index contributed by atoms with van der Waals surface area (Å²) in [5.41, 5.74) is 1.23. The van der Waals surface area contributed by atoms with Gasteiger partial charge in [0, 0.05) is 18.7 Å². The molecular weight excluding hydrogens is 390 g/mol. The Labute approximate surface area is 176 Å². The second-order valence-corrected chi connectivity index (χ2v) is 6.94. The highest BCUT2D eigenvalue weighted by Crippen LogP contribution is 2.32. The van der Waals surface area contributed by atoms with Gasteiger partial charge in [-0.15, -0.1) is 0 Å². The van der Waals surface area contributed by atoms with E-state index in [4.69, 9.17) is 31.2 Å². The Hall–Kier alpha value is -2.80. The summed E-state index contributed by atoms with van der Waals surface area (Å²) in [5, 5.41) is 0. The van der Waals surface area contributed by atoms with Gasteiger partial charge in [-0.1, -0.05) is 12.2 Å². The van der Waals surface area contributed by atoms with Crippen LogP contribution in [0.25, 0.3) is 0 Å². The summed E-state index contributed by atoms with van der Waals surface area (Å²) in [5.74, 6) is 1.32. The molecule has 0 amide bonds. The van der Waals surface area contributed by atoms with Crippen molar-refractivity contribution in [1.29, 1.82) is 0 Å². The highest BCUT2D eigenvalue weighted by atomic mass is 32.1. The number of carbonyl (C=O) groups is 1. The molecule has 1 aliphatic heterocycles. The highest BCUT2D eigenvalue weighted by Gasteiger charge is 2.20. The third-order valence-electron chi connectivity index (χ3n) is 4.71. The second-order valence-electron chi connectivity index (χ2n) is 6.55. The van der Waals surface area contributed by atoms with E-state index in [0.717, 1.165) is 36.5 Å². The molecule has 2 aromatic rings. The number of thiocarbonyl (C=S) groups is 1. The fourth-order valence-corrected chi connectivity index (χ4v) is 3.53. The Kier molecular flexibility index (Phi) is 6.93. The van der Waals surface area contributed by atoms with E-state index in [1.54, 1.807) is 31.4 Å². The highest BCUT2D eigenvalue weighted by molar-refractivity contribution is 7.80. The molecule has 154 valence electrons. The Morgan fingerprint density at radius 2 is 1.55 bits per heavy atom. The molecule has 1 heterocycles.